The van der Waals surface area contributed by atoms with Crippen molar-refractivity contribution < 1.29 is 4.74 Å². The molecule has 1 aromatic carbocycles. The van der Waals surface area contributed by atoms with E-state index in [-0.39, 0.29) is 5.92 Å². The quantitative estimate of drug-likeness (QED) is 0.921. The van der Waals surface area contributed by atoms with Gasteiger partial charge in [-0.1, -0.05) is 26.0 Å². The summed E-state index contributed by atoms with van der Waals surface area (Å²) in [5, 5.41) is 8.63. The number of nitrogens with two attached hydrogens (primary N) is 1. The maximum Gasteiger partial charge on any atom is 0.224 e. The van der Waals surface area contributed by atoms with Crippen LogP contribution in [-0.2, 0) is 6.42 Å². The van der Waals surface area contributed by atoms with Gasteiger partial charge < -0.3 is 10.5 Å². The van der Waals surface area contributed by atoms with Gasteiger partial charge in [0.1, 0.15) is 17.4 Å². The lowest BCUT2D eigenvalue weighted by atomic mass is 10.2. The molecule has 2 aromatic rings. The van der Waals surface area contributed by atoms with E-state index in [0.717, 1.165) is 5.56 Å². The van der Waals surface area contributed by atoms with Crippen LogP contribution in [0.15, 0.2) is 30.3 Å². The van der Waals surface area contributed by atoms with Crippen LogP contribution in [0.3, 0.4) is 0 Å². The molecule has 0 aliphatic rings. The molecule has 0 radical (unpaired) electrons. The van der Waals surface area contributed by atoms with E-state index in [2.05, 4.69) is 16.0 Å². The average Bonchev–Trinajstić information content (AvgIpc) is 2.40. The molecule has 0 saturated heterocycles. The van der Waals surface area contributed by atoms with Crippen LogP contribution in [0.5, 0.6) is 11.6 Å². The standard InChI is InChI=1S/C15H16N4O/c1-10(2)15-18-13(17)9-14(19-15)20-12-5-3-11(4-6-12)7-8-16/h3-6,9-10H,7H2,1-2H3,(H2,17,18,19). The minimum Gasteiger partial charge on any atom is -0.439 e. The van der Waals surface area contributed by atoms with E-state index in [1.165, 1.54) is 0 Å². The molecule has 20 heavy (non-hydrogen) atoms. The number of nitrogen functional groups attached to an aromatic ring is 1. The Bertz CT molecular complexity index is 629. The van der Waals surface area contributed by atoms with Crippen molar-refractivity contribution in [3.8, 4) is 17.7 Å². The first-order chi connectivity index (χ1) is 9.58. The topological polar surface area (TPSA) is 84.8 Å². The van der Waals surface area contributed by atoms with E-state index >= 15 is 0 Å². The van der Waals surface area contributed by atoms with Gasteiger partial charge in [0.25, 0.3) is 0 Å². The Balaban J connectivity index is 2.19. The van der Waals surface area contributed by atoms with Gasteiger partial charge in [0.05, 0.1) is 12.5 Å². The summed E-state index contributed by atoms with van der Waals surface area (Å²) in [4.78, 5) is 8.49. The van der Waals surface area contributed by atoms with Gasteiger partial charge in [-0.15, -0.1) is 0 Å². The van der Waals surface area contributed by atoms with Gasteiger partial charge in [0.2, 0.25) is 5.88 Å². The normalized spacial score (nSPS) is 10.3. The summed E-state index contributed by atoms with van der Waals surface area (Å²) in [6, 6.07) is 11.0. The van der Waals surface area contributed by atoms with Crippen LogP contribution >= 0.6 is 0 Å². The van der Waals surface area contributed by atoms with Crippen molar-refractivity contribution in [3.63, 3.8) is 0 Å². The molecular formula is C15H16N4O. The Morgan fingerprint density at radius 2 is 1.95 bits per heavy atom. The van der Waals surface area contributed by atoms with Crippen molar-refractivity contribution in [1.29, 1.82) is 5.26 Å². The number of ether oxygens (including phenoxy) is 1. The minimum absolute atomic E-state index is 0.179. The lowest BCUT2D eigenvalue weighted by Crippen LogP contribution is -2.03. The predicted molar refractivity (Wildman–Crippen MR) is 76.4 cm³/mol. The number of aromatic nitrogens is 2. The smallest absolute Gasteiger partial charge is 0.224 e. The van der Waals surface area contributed by atoms with Crippen molar-refractivity contribution in [2.24, 2.45) is 0 Å². The van der Waals surface area contributed by atoms with Crippen LogP contribution < -0.4 is 10.5 Å². The third kappa shape index (κ3) is 3.45. The zero-order chi connectivity index (χ0) is 14.5. The molecule has 0 aliphatic heterocycles. The second kappa shape index (κ2) is 6.02. The molecule has 2 N–H and O–H groups in total. The number of hydrogen-bond donors (Lipinski definition) is 1. The van der Waals surface area contributed by atoms with E-state index in [9.17, 15) is 0 Å². The molecule has 0 spiro atoms. The molecule has 5 heteroatoms. The van der Waals surface area contributed by atoms with Crippen molar-refractivity contribution in [3.05, 3.63) is 41.7 Å². The third-order valence-electron chi connectivity index (χ3n) is 2.69. The highest BCUT2D eigenvalue weighted by Crippen LogP contribution is 2.23. The van der Waals surface area contributed by atoms with Crippen LogP contribution in [0.1, 0.15) is 31.2 Å². The zero-order valence-electron chi connectivity index (χ0n) is 11.5. The summed E-state index contributed by atoms with van der Waals surface area (Å²) in [6.07, 6.45) is 0.387. The molecule has 0 unspecified atom stereocenters. The molecule has 1 aromatic heterocycles. The maximum absolute atomic E-state index is 8.63. The van der Waals surface area contributed by atoms with Crippen molar-refractivity contribution >= 4 is 5.82 Å². The zero-order valence-corrected chi connectivity index (χ0v) is 11.5. The first-order valence-electron chi connectivity index (χ1n) is 6.36. The molecule has 0 aliphatic carbocycles. The molecule has 0 saturated carbocycles. The van der Waals surface area contributed by atoms with Gasteiger partial charge in [-0.25, -0.2) is 4.98 Å². The summed E-state index contributed by atoms with van der Waals surface area (Å²) in [7, 11) is 0. The van der Waals surface area contributed by atoms with Crippen molar-refractivity contribution in [2.45, 2.75) is 26.2 Å². The summed E-state index contributed by atoms with van der Waals surface area (Å²) in [5.41, 5.74) is 6.70. The Kier molecular flexibility index (Phi) is 4.16. The molecule has 102 valence electrons. The van der Waals surface area contributed by atoms with Crippen LogP contribution in [0.2, 0.25) is 0 Å². The molecule has 0 amide bonds. The number of nitrogens with zero attached hydrogens (tertiary/aromatic N) is 3. The van der Waals surface area contributed by atoms with Crippen LogP contribution in [0.25, 0.3) is 0 Å². The first-order valence-corrected chi connectivity index (χ1v) is 6.36. The first kappa shape index (κ1) is 13.8. The highest BCUT2D eigenvalue weighted by molar-refractivity contribution is 5.37. The van der Waals surface area contributed by atoms with Crippen molar-refractivity contribution in [1.82, 2.24) is 9.97 Å². The number of rotatable bonds is 4. The minimum atomic E-state index is 0.179. The van der Waals surface area contributed by atoms with Gasteiger partial charge in [0, 0.05) is 12.0 Å². The Morgan fingerprint density at radius 1 is 1.25 bits per heavy atom. The van der Waals surface area contributed by atoms with Gasteiger partial charge in [-0.2, -0.15) is 10.2 Å². The summed E-state index contributed by atoms with van der Waals surface area (Å²) < 4.78 is 5.67. The number of hydrogen-bond acceptors (Lipinski definition) is 5. The van der Waals surface area contributed by atoms with E-state index in [1.807, 2.05) is 26.0 Å². The Hall–Kier alpha value is -2.61. The monoisotopic (exact) mass is 268 g/mol. The summed E-state index contributed by atoms with van der Waals surface area (Å²) >= 11 is 0. The second-order valence-corrected chi connectivity index (χ2v) is 4.72. The number of nitriles is 1. The SMILES string of the molecule is CC(C)c1nc(N)cc(Oc2ccc(CC#N)cc2)n1. The van der Waals surface area contributed by atoms with E-state index in [0.29, 0.717) is 29.7 Å². The maximum atomic E-state index is 8.63. The number of anilines is 1. The van der Waals surface area contributed by atoms with Crippen LogP contribution in [0, 0.1) is 11.3 Å². The Labute approximate surface area is 118 Å². The molecule has 0 fully saturated rings. The van der Waals surface area contributed by atoms with Crippen LogP contribution in [0.4, 0.5) is 5.82 Å². The van der Waals surface area contributed by atoms with Gasteiger partial charge in [0.15, 0.2) is 0 Å². The predicted octanol–water partition coefficient (Wildman–Crippen LogP) is 3.04. The molecule has 0 atom stereocenters. The fraction of sp³-hybridized carbons (Fsp3) is 0.267. The fourth-order valence-corrected chi connectivity index (χ4v) is 1.66. The fourth-order valence-electron chi connectivity index (χ4n) is 1.66. The molecular weight excluding hydrogens is 252 g/mol. The highest BCUT2D eigenvalue weighted by atomic mass is 16.5. The molecule has 2 rings (SSSR count). The number of benzene rings is 1. The van der Waals surface area contributed by atoms with Gasteiger partial charge in [-0.05, 0) is 17.7 Å². The second-order valence-electron chi connectivity index (χ2n) is 4.72. The van der Waals surface area contributed by atoms with E-state index < -0.39 is 0 Å². The average molecular weight is 268 g/mol. The highest BCUT2D eigenvalue weighted by Gasteiger charge is 2.08. The molecule has 1 heterocycles. The van der Waals surface area contributed by atoms with E-state index in [4.69, 9.17) is 15.7 Å². The lowest BCUT2D eigenvalue weighted by molar-refractivity contribution is 0.457. The largest absolute Gasteiger partial charge is 0.439 e. The Morgan fingerprint density at radius 3 is 2.55 bits per heavy atom. The van der Waals surface area contributed by atoms with Gasteiger partial charge >= 0.3 is 0 Å². The lowest BCUT2D eigenvalue weighted by Gasteiger charge is -2.09. The van der Waals surface area contributed by atoms with E-state index in [1.54, 1.807) is 18.2 Å². The molecule has 0 bridgehead atoms. The van der Waals surface area contributed by atoms with Crippen LogP contribution in [-0.4, -0.2) is 9.97 Å². The summed E-state index contributed by atoms with van der Waals surface area (Å²) in [5.74, 6) is 2.30. The van der Waals surface area contributed by atoms with Crippen molar-refractivity contribution in [2.75, 3.05) is 5.73 Å². The van der Waals surface area contributed by atoms with Gasteiger partial charge in [-0.3, -0.25) is 0 Å². The molecule has 5 nitrogen and oxygen atoms in total. The third-order valence-corrected chi connectivity index (χ3v) is 2.69. The summed E-state index contributed by atoms with van der Waals surface area (Å²) in [6.45, 7) is 3.99.